The van der Waals surface area contributed by atoms with Gasteiger partial charge in [-0.3, -0.25) is 0 Å². The first kappa shape index (κ1) is 8.19. The second kappa shape index (κ2) is 2.81. The van der Waals surface area contributed by atoms with Crippen molar-refractivity contribution in [3.05, 3.63) is 10.3 Å². The molecular formula is C7H11BrN4. The number of aryl methyl sites for hydroxylation is 1. The molecular weight excluding hydrogens is 220 g/mol. The van der Waals surface area contributed by atoms with Gasteiger partial charge in [0.15, 0.2) is 4.60 Å². The molecule has 0 amide bonds. The minimum Gasteiger partial charge on any atom is -0.322 e. The first-order valence-electron chi connectivity index (χ1n) is 4.01. The van der Waals surface area contributed by atoms with Crippen LogP contribution in [0.25, 0.3) is 0 Å². The van der Waals surface area contributed by atoms with E-state index < -0.39 is 0 Å². The van der Waals surface area contributed by atoms with E-state index in [4.69, 9.17) is 5.73 Å². The fourth-order valence-corrected chi connectivity index (χ4v) is 1.96. The maximum absolute atomic E-state index is 6.02. The van der Waals surface area contributed by atoms with Gasteiger partial charge >= 0.3 is 0 Å². The van der Waals surface area contributed by atoms with Gasteiger partial charge in [-0.05, 0) is 34.7 Å². The van der Waals surface area contributed by atoms with Crippen molar-refractivity contribution in [1.82, 2.24) is 15.0 Å². The predicted molar refractivity (Wildman–Crippen MR) is 48.4 cm³/mol. The van der Waals surface area contributed by atoms with E-state index in [0.717, 1.165) is 10.3 Å². The number of nitrogens with two attached hydrogens (primary N) is 1. The minimum absolute atomic E-state index is 0.0966. The van der Waals surface area contributed by atoms with Crippen LogP contribution < -0.4 is 5.73 Å². The van der Waals surface area contributed by atoms with Crippen molar-refractivity contribution < 1.29 is 0 Å². The van der Waals surface area contributed by atoms with Crippen LogP contribution in [0.3, 0.4) is 0 Å². The van der Waals surface area contributed by atoms with Gasteiger partial charge in [0.1, 0.15) is 0 Å². The molecule has 4 nitrogen and oxygen atoms in total. The van der Waals surface area contributed by atoms with Crippen LogP contribution in [-0.4, -0.2) is 15.0 Å². The van der Waals surface area contributed by atoms with E-state index >= 15 is 0 Å². The van der Waals surface area contributed by atoms with Gasteiger partial charge in [0.2, 0.25) is 0 Å². The maximum Gasteiger partial charge on any atom is 0.153 e. The zero-order chi connectivity index (χ0) is 8.72. The Labute approximate surface area is 79.3 Å². The quantitative estimate of drug-likeness (QED) is 0.825. The third kappa shape index (κ3) is 1.27. The van der Waals surface area contributed by atoms with Crippen molar-refractivity contribution in [2.24, 2.45) is 18.7 Å². The highest BCUT2D eigenvalue weighted by atomic mass is 79.9. The van der Waals surface area contributed by atoms with Crippen LogP contribution in [0.15, 0.2) is 4.60 Å². The summed E-state index contributed by atoms with van der Waals surface area (Å²) in [5.41, 5.74) is 7.03. The molecule has 0 saturated heterocycles. The zero-order valence-corrected chi connectivity index (χ0v) is 8.45. The van der Waals surface area contributed by atoms with Gasteiger partial charge in [0.05, 0.1) is 11.7 Å². The summed E-state index contributed by atoms with van der Waals surface area (Å²) in [6.07, 6.45) is 2.47. The number of aromatic nitrogens is 3. The van der Waals surface area contributed by atoms with Crippen molar-refractivity contribution >= 4 is 15.9 Å². The second-order valence-electron chi connectivity index (χ2n) is 3.25. The molecule has 1 atom stereocenters. The third-order valence-corrected chi connectivity index (χ3v) is 2.84. The van der Waals surface area contributed by atoms with Crippen LogP contribution in [0.1, 0.15) is 24.6 Å². The standard InChI is InChI=1S/C7H11BrN4/c1-12-6(7(8)10-11-12)5(9)4-2-3-4/h4-5H,2-3,9H2,1H3. The van der Waals surface area contributed by atoms with Crippen molar-refractivity contribution in [3.63, 3.8) is 0 Å². The summed E-state index contributed by atoms with van der Waals surface area (Å²) in [5.74, 6) is 0.637. The van der Waals surface area contributed by atoms with Gasteiger partial charge in [-0.1, -0.05) is 5.21 Å². The third-order valence-electron chi connectivity index (χ3n) is 2.27. The van der Waals surface area contributed by atoms with Crippen molar-refractivity contribution in [3.8, 4) is 0 Å². The van der Waals surface area contributed by atoms with Crippen LogP contribution in [0.5, 0.6) is 0 Å². The number of rotatable bonds is 2. The molecule has 1 fully saturated rings. The Morgan fingerprint density at radius 2 is 2.33 bits per heavy atom. The highest BCUT2D eigenvalue weighted by Crippen LogP contribution is 2.40. The molecule has 1 aliphatic rings. The summed E-state index contributed by atoms with van der Waals surface area (Å²) in [7, 11) is 1.87. The molecule has 2 N–H and O–H groups in total. The number of nitrogens with zero attached hydrogens (tertiary/aromatic N) is 3. The molecule has 5 heteroatoms. The Morgan fingerprint density at radius 1 is 1.67 bits per heavy atom. The average molecular weight is 231 g/mol. The molecule has 0 spiro atoms. The number of hydrogen-bond donors (Lipinski definition) is 1. The largest absolute Gasteiger partial charge is 0.322 e. The van der Waals surface area contributed by atoms with E-state index in [2.05, 4.69) is 26.2 Å². The second-order valence-corrected chi connectivity index (χ2v) is 4.00. The van der Waals surface area contributed by atoms with E-state index in [1.165, 1.54) is 12.8 Å². The fraction of sp³-hybridized carbons (Fsp3) is 0.714. The van der Waals surface area contributed by atoms with Gasteiger partial charge in [0, 0.05) is 7.05 Å². The fourth-order valence-electron chi connectivity index (χ4n) is 1.37. The Hall–Kier alpha value is -0.420. The summed E-state index contributed by atoms with van der Waals surface area (Å²) >= 11 is 3.34. The number of halogens is 1. The SMILES string of the molecule is Cn1nnc(Br)c1C(N)C1CC1. The Kier molecular flexibility index (Phi) is 1.92. The maximum atomic E-state index is 6.02. The van der Waals surface area contributed by atoms with Crippen LogP contribution in [0.4, 0.5) is 0 Å². The molecule has 12 heavy (non-hydrogen) atoms. The first-order valence-corrected chi connectivity index (χ1v) is 4.80. The lowest BCUT2D eigenvalue weighted by Crippen LogP contribution is -2.16. The summed E-state index contributed by atoms with van der Waals surface area (Å²) in [4.78, 5) is 0. The number of hydrogen-bond acceptors (Lipinski definition) is 3. The van der Waals surface area contributed by atoms with Crippen molar-refractivity contribution in [2.75, 3.05) is 0 Å². The first-order chi connectivity index (χ1) is 5.70. The van der Waals surface area contributed by atoms with Gasteiger partial charge in [-0.2, -0.15) is 0 Å². The highest BCUT2D eigenvalue weighted by molar-refractivity contribution is 9.10. The Balaban J connectivity index is 2.30. The Bertz CT molecular complexity index is 272. The van der Waals surface area contributed by atoms with Crippen LogP contribution >= 0.6 is 15.9 Å². The van der Waals surface area contributed by atoms with Crippen LogP contribution in [0, 0.1) is 5.92 Å². The van der Waals surface area contributed by atoms with Gasteiger partial charge in [-0.25, -0.2) is 4.68 Å². The van der Waals surface area contributed by atoms with Crippen molar-refractivity contribution in [1.29, 1.82) is 0 Å². The van der Waals surface area contributed by atoms with E-state index in [0.29, 0.717) is 5.92 Å². The zero-order valence-electron chi connectivity index (χ0n) is 6.87. The molecule has 1 saturated carbocycles. The van der Waals surface area contributed by atoms with E-state index in [1.54, 1.807) is 4.68 Å². The monoisotopic (exact) mass is 230 g/mol. The summed E-state index contributed by atoms with van der Waals surface area (Å²) in [6.45, 7) is 0. The molecule has 1 aliphatic carbocycles. The summed E-state index contributed by atoms with van der Waals surface area (Å²) < 4.78 is 2.52. The summed E-state index contributed by atoms with van der Waals surface area (Å²) in [6, 6.07) is 0.0966. The highest BCUT2D eigenvalue weighted by Gasteiger charge is 2.32. The lowest BCUT2D eigenvalue weighted by molar-refractivity contribution is 0.560. The van der Waals surface area contributed by atoms with E-state index in [-0.39, 0.29) is 6.04 Å². The average Bonchev–Trinajstić information content (AvgIpc) is 2.79. The van der Waals surface area contributed by atoms with Gasteiger partial charge < -0.3 is 5.73 Å². The minimum atomic E-state index is 0.0966. The molecule has 1 heterocycles. The van der Waals surface area contributed by atoms with Crippen LogP contribution in [0.2, 0.25) is 0 Å². The molecule has 1 aromatic heterocycles. The van der Waals surface area contributed by atoms with Crippen molar-refractivity contribution in [2.45, 2.75) is 18.9 Å². The lowest BCUT2D eigenvalue weighted by atomic mass is 10.1. The van der Waals surface area contributed by atoms with Gasteiger partial charge in [0.25, 0.3) is 0 Å². The molecule has 0 radical (unpaired) electrons. The van der Waals surface area contributed by atoms with Crippen LogP contribution in [-0.2, 0) is 7.05 Å². The van der Waals surface area contributed by atoms with Gasteiger partial charge in [-0.15, -0.1) is 5.10 Å². The molecule has 2 rings (SSSR count). The molecule has 0 bridgehead atoms. The van der Waals surface area contributed by atoms with E-state index in [9.17, 15) is 0 Å². The lowest BCUT2D eigenvalue weighted by Gasteiger charge is -2.09. The smallest absolute Gasteiger partial charge is 0.153 e. The molecule has 0 aliphatic heterocycles. The normalized spacial score (nSPS) is 19.6. The molecule has 1 aromatic rings. The van der Waals surface area contributed by atoms with E-state index in [1.807, 2.05) is 7.05 Å². The molecule has 0 aromatic carbocycles. The summed E-state index contributed by atoms with van der Waals surface area (Å²) in [5, 5.41) is 7.78. The molecule has 1 unspecified atom stereocenters. The topological polar surface area (TPSA) is 56.7 Å². The Morgan fingerprint density at radius 3 is 2.75 bits per heavy atom. The molecule has 66 valence electrons. The predicted octanol–water partition coefficient (Wildman–Crippen LogP) is 0.987.